The predicted molar refractivity (Wildman–Crippen MR) is 134 cm³/mol. The summed E-state index contributed by atoms with van der Waals surface area (Å²) in [6.45, 7) is 8.13. The second-order valence-electron chi connectivity index (χ2n) is 10.2. The highest BCUT2D eigenvalue weighted by Crippen LogP contribution is 2.43. The largest absolute Gasteiger partial charge is 0.508 e. The Hall–Kier alpha value is -2.33. The molecule has 3 unspecified atom stereocenters. The normalized spacial score (nSPS) is 23.6. The minimum absolute atomic E-state index is 0.101. The van der Waals surface area contributed by atoms with Gasteiger partial charge in [-0.2, -0.15) is 0 Å². The molecule has 2 bridgehead atoms. The van der Waals surface area contributed by atoms with E-state index in [1.54, 1.807) is 6.07 Å². The first kappa shape index (κ1) is 23.8. The quantitative estimate of drug-likeness (QED) is 0.515. The maximum absolute atomic E-state index is 13.5. The average Bonchev–Trinajstić information content (AvgIpc) is 3.04. The molecule has 4 rings (SSSR count). The number of hydrogen-bond acceptors (Lipinski definition) is 3. The van der Waals surface area contributed by atoms with Gasteiger partial charge in [0.2, 0.25) is 5.91 Å². The fraction of sp³-hybridized carbons (Fsp3) is 0.552. The molecule has 178 valence electrons. The predicted octanol–water partition coefficient (Wildman–Crippen LogP) is 5.96. The van der Waals surface area contributed by atoms with E-state index in [1.165, 1.54) is 24.0 Å². The molecule has 2 aliphatic heterocycles. The number of rotatable bonds is 9. The zero-order chi connectivity index (χ0) is 23.4. The van der Waals surface area contributed by atoms with Crippen LogP contribution in [0.15, 0.2) is 54.6 Å². The molecule has 0 radical (unpaired) electrons. The number of carbonyl (C=O) groups is 1. The zero-order valence-electron chi connectivity index (χ0n) is 20.5. The number of phenols is 1. The summed E-state index contributed by atoms with van der Waals surface area (Å²) >= 11 is 0. The van der Waals surface area contributed by atoms with Crippen molar-refractivity contribution in [2.45, 2.75) is 89.9 Å². The van der Waals surface area contributed by atoms with Gasteiger partial charge in [0.25, 0.3) is 0 Å². The standard InChI is InChI=1S/C29H40N2O2/c1-4-23(5-2)29(33)30(20-22-10-7-6-8-11-22)21(3)19-31-26-14-15-27(31)17-25(16-26)24-12-9-13-28(32)18-24/h6-13,18,21,23,25-27,32H,4-5,14-17,19-20H2,1-3H3/t21?,25?,26-,27?/m1/s1. The van der Waals surface area contributed by atoms with Crippen LogP contribution in [0, 0.1) is 5.92 Å². The summed E-state index contributed by atoms with van der Waals surface area (Å²) in [5, 5.41) is 9.93. The second kappa shape index (κ2) is 10.7. The SMILES string of the molecule is CCC(CC)C(=O)N(Cc1ccccc1)C(C)CN1C2CC[C@@H]1CC(c1cccc(O)c1)C2. The monoisotopic (exact) mass is 448 g/mol. The van der Waals surface area contributed by atoms with Crippen molar-refractivity contribution in [3.8, 4) is 5.75 Å². The molecule has 0 saturated carbocycles. The van der Waals surface area contributed by atoms with Crippen LogP contribution in [0.2, 0.25) is 0 Å². The first-order valence-electron chi connectivity index (χ1n) is 12.9. The van der Waals surface area contributed by atoms with Gasteiger partial charge in [-0.25, -0.2) is 0 Å². The average molecular weight is 449 g/mol. The van der Waals surface area contributed by atoms with Gasteiger partial charge in [-0.05, 0) is 74.6 Å². The summed E-state index contributed by atoms with van der Waals surface area (Å²) in [7, 11) is 0. The number of carbonyl (C=O) groups excluding carboxylic acids is 1. The fourth-order valence-corrected chi connectivity index (χ4v) is 6.13. The highest BCUT2D eigenvalue weighted by Gasteiger charge is 2.42. The van der Waals surface area contributed by atoms with Crippen molar-refractivity contribution in [2.75, 3.05) is 6.54 Å². The van der Waals surface area contributed by atoms with Crippen molar-refractivity contribution in [1.29, 1.82) is 0 Å². The van der Waals surface area contributed by atoms with E-state index < -0.39 is 0 Å². The van der Waals surface area contributed by atoms with Gasteiger partial charge in [-0.3, -0.25) is 9.69 Å². The zero-order valence-corrected chi connectivity index (χ0v) is 20.5. The maximum atomic E-state index is 13.5. The molecule has 0 aromatic heterocycles. The third-order valence-electron chi connectivity index (χ3n) is 8.05. The van der Waals surface area contributed by atoms with Gasteiger partial charge < -0.3 is 10.0 Å². The van der Waals surface area contributed by atoms with E-state index in [2.05, 4.69) is 60.9 Å². The summed E-state index contributed by atoms with van der Waals surface area (Å²) in [6.07, 6.45) is 6.57. The van der Waals surface area contributed by atoms with Crippen LogP contribution in [-0.4, -0.2) is 45.5 Å². The fourth-order valence-electron chi connectivity index (χ4n) is 6.13. The lowest BCUT2D eigenvalue weighted by Gasteiger charge is -2.43. The summed E-state index contributed by atoms with van der Waals surface area (Å²) in [5.74, 6) is 1.29. The van der Waals surface area contributed by atoms with Crippen LogP contribution >= 0.6 is 0 Å². The molecule has 4 nitrogen and oxygen atoms in total. The lowest BCUT2D eigenvalue weighted by Crippen LogP contribution is -2.51. The number of hydrogen-bond donors (Lipinski definition) is 1. The molecule has 2 fully saturated rings. The van der Waals surface area contributed by atoms with Crippen molar-refractivity contribution in [1.82, 2.24) is 9.80 Å². The van der Waals surface area contributed by atoms with E-state index in [-0.39, 0.29) is 12.0 Å². The Labute approximate surface area is 199 Å². The van der Waals surface area contributed by atoms with E-state index in [0.717, 1.165) is 32.2 Å². The van der Waals surface area contributed by atoms with E-state index in [9.17, 15) is 9.90 Å². The lowest BCUT2D eigenvalue weighted by atomic mass is 9.84. The highest BCUT2D eigenvalue weighted by molar-refractivity contribution is 5.79. The van der Waals surface area contributed by atoms with Gasteiger partial charge in [0.05, 0.1) is 0 Å². The minimum atomic E-state index is 0.101. The van der Waals surface area contributed by atoms with Gasteiger partial charge in [-0.1, -0.05) is 56.3 Å². The van der Waals surface area contributed by atoms with Crippen LogP contribution in [0.1, 0.15) is 76.3 Å². The van der Waals surface area contributed by atoms with E-state index >= 15 is 0 Å². The van der Waals surface area contributed by atoms with Crippen LogP contribution in [0.5, 0.6) is 5.75 Å². The Balaban J connectivity index is 1.47. The van der Waals surface area contributed by atoms with Crippen molar-refractivity contribution in [3.63, 3.8) is 0 Å². The molecule has 2 aromatic rings. The number of phenolic OH excluding ortho intramolecular Hbond substituents is 1. The molecule has 4 heteroatoms. The molecule has 1 amide bonds. The molecular formula is C29H40N2O2. The number of nitrogens with zero attached hydrogens (tertiary/aromatic N) is 2. The molecule has 2 saturated heterocycles. The van der Waals surface area contributed by atoms with Crippen LogP contribution in [0.4, 0.5) is 0 Å². The Morgan fingerprint density at radius 2 is 1.70 bits per heavy atom. The molecule has 0 aliphatic carbocycles. The molecule has 2 aromatic carbocycles. The maximum Gasteiger partial charge on any atom is 0.226 e. The Morgan fingerprint density at radius 1 is 1.03 bits per heavy atom. The molecular weight excluding hydrogens is 408 g/mol. The molecule has 33 heavy (non-hydrogen) atoms. The van der Waals surface area contributed by atoms with Crippen LogP contribution in [0.25, 0.3) is 0 Å². The number of piperidine rings is 1. The molecule has 4 atom stereocenters. The lowest BCUT2D eigenvalue weighted by molar-refractivity contribution is -0.139. The molecule has 1 N–H and O–H groups in total. The first-order chi connectivity index (χ1) is 16.0. The van der Waals surface area contributed by atoms with Crippen molar-refractivity contribution < 1.29 is 9.90 Å². The summed E-state index contributed by atoms with van der Waals surface area (Å²) in [4.78, 5) is 18.4. The minimum Gasteiger partial charge on any atom is -0.508 e. The number of benzene rings is 2. The third kappa shape index (κ3) is 5.43. The second-order valence-corrected chi connectivity index (χ2v) is 10.2. The van der Waals surface area contributed by atoms with Crippen LogP contribution < -0.4 is 0 Å². The van der Waals surface area contributed by atoms with Crippen molar-refractivity contribution in [3.05, 3.63) is 65.7 Å². The third-order valence-corrected chi connectivity index (χ3v) is 8.05. The van der Waals surface area contributed by atoms with Gasteiger partial charge in [0.15, 0.2) is 0 Å². The number of fused-ring (bicyclic) bond motifs is 2. The number of aromatic hydroxyl groups is 1. The summed E-state index contributed by atoms with van der Waals surface area (Å²) in [5.41, 5.74) is 2.48. The van der Waals surface area contributed by atoms with E-state index in [0.29, 0.717) is 36.2 Å². The summed E-state index contributed by atoms with van der Waals surface area (Å²) < 4.78 is 0. The highest BCUT2D eigenvalue weighted by atomic mass is 16.3. The summed E-state index contributed by atoms with van der Waals surface area (Å²) in [6, 6.07) is 19.6. The molecule has 2 heterocycles. The Morgan fingerprint density at radius 3 is 2.30 bits per heavy atom. The smallest absolute Gasteiger partial charge is 0.226 e. The van der Waals surface area contributed by atoms with E-state index in [1.807, 2.05) is 18.2 Å². The van der Waals surface area contributed by atoms with Crippen molar-refractivity contribution in [2.24, 2.45) is 5.92 Å². The van der Waals surface area contributed by atoms with E-state index in [4.69, 9.17) is 0 Å². The van der Waals surface area contributed by atoms with Crippen LogP contribution in [-0.2, 0) is 11.3 Å². The topological polar surface area (TPSA) is 43.8 Å². The van der Waals surface area contributed by atoms with Gasteiger partial charge in [-0.15, -0.1) is 0 Å². The Kier molecular flexibility index (Phi) is 7.75. The Bertz CT molecular complexity index is 897. The molecule has 0 spiro atoms. The molecule has 2 aliphatic rings. The van der Waals surface area contributed by atoms with Crippen molar-refractivity contribution >= 4 is 5.91 Å². The van der Waals surface area contributed by atoms with Crippen LogP contribution in [0.3, 0.4) is 0 Å². The first-order valence-corrected chi connectivity index (χ1v) is 12.9. The van der Waals surface area contributed by atoms with Gasteiger partial charge >= 0.3 is 0 Å². The van der Waals surface area contributed by atoms with Gasteiger partial charge in [0.1, 0.15) is 5.75 Å². The number of amides is 1. The van der Waals surface area contributed by atoms with Gasteiger partial charge in [0, 0.05) is 37.1 Å².